The summed E-state index contributed by atoms with van der Waals surface area (Å²) in [5.41, 5.74) is 2.70. The largest absolute Gasteiger partial charge is 0.325 e. The molecule has 1 amide bonds. The van der Waals surface area contributed by atoms with Crippen molar-refractivity contribution in [2.24, 2.45) is 0 Å². The van der Waals surface area contributed by atoms with Crippen LogP contribution in [0.25, 0.3) is 0 Å². The summed E-state index contributed by atoms with van der Waals surface area (Å²) >= 11 is 0. The summed E-state index contributed by atoms with van der Waals surface area (Å²) in [5, 5.41) is 10.8. The monoisotopic (exact) mass is 350 g/mol. The summed E-state index contributed by atoms with van der Waals surface area (Å²) in [6, 6.07) is 17.1. The SMILES string of the molecule is CCN(c1cccc(C)c1)c1ccc(C(=O)Nc2cccc(F)c2)nn1. The molecule has 3 aromatic rings. The van der Waals surface area contributed by atoms with E-state index in [-0.39, 0.29) is 5.69 Å². The van der Waals surface area contributed by atoms with Gasteiger partial charge in [0.15, 0.2) is 11.5 Å². The second kappa shape index (κ2) is 7.74. The zero-order valence-corrected chi connectivity index (χ0v) is 14.6. The molecule has 132 valence electrons. The fourth-order valence-corrected chi connectivity index (χ4v) is 2.62. The van der Waals surface area contributed by atoms with Crippen LogP contribution < -0.4 is 10.2 Å². The number of aromatic nitrogens is 2. The number of halogens is 1. The molecule has 2 aromatic carbocycles. The fourth-order valence-electron chi connectivity index (χ4n) is 2.62. The number of hydrogen-bond acceptors (Lipinski definition) is 4. The summed E-state index contributed by atoms with van der Waals surface area (Å²) in [6.07, 6.45) is 0. The minimum Gasteiger partial charge on any atom is -0.325 e. The van der Waals surface area contributed by atoms with Crippen molar-refractivity contribution in [3.8, 4) is 0 Å². The number of rotatable bonds is 5. The zero-order valence-electron chi connectivity index (χ0n) is 14.6. The van der Waals surface area contributed by atoms with Crippen molar-refractivity contribution < 1.29 is 9.18 Å². The normalized spacial score (nSPS) is 10.4. The summed E-state index contributed by atoms with van der Waals surface area (Å²) in [4.78, 5) is 14.2. The number of benzene rings is 2. The highest BCUT2D eigenvalue weighted by Crippen LogP contribution is 2.23. The standard InChI is InChI=1S/C20H19FN4O/c1-3-25(17-9-4-6-14(2)12-17)19-11-10-18(23-24-19)20(26)22-16-8-5-7-15(21)13-16/h4-13H,3H2,1-2H3,(H,22,26). The lowest BCUT2D eigenvalue weighted by molar-refractivity contribution is 0.102. The Morgan fingerprint density at radius 1 is 1.08 bits per heavy atom. The van der Waals surface area contributed by atoms with Gasteiger partial charge in [0.05, 0.1) is 0 Å². The predicted molar refractivity (Wildman–Crippen MR) is 100 cm³/mol. The molecular weight excluding hydrogens is 331 g/mol. The van der Waals surface area contributed by atoms with Gasteiger partial charge in [-0.1, -0.05) is 18.2 Å². The summed E-state index contributed by atoms with van der Waals surface area (Å²) in [6.45, 7) is 4.77. The average molecular weight is 350 g/mol. The number of carbonyl (C=O) groups excluding carboxylic acids is 1. The Morgan fingerprint density at radius 3 is 2.54 bits per heavy atom. The summed E-state index contributed by atoms with van der Waals surface area (Å²) in [7, 11) is 0. The van der Waals surface area contributed by atoms with E-state index in [0.717, 1.165) is 11.3 Å². The van der Waals surface area contributed by atoms with Crippen molar-refractivity contribution in [1.82, 2.24) is 10.2 Å². The van der Waals surface area contributed by atoms with Gasteiger partial charge in [-0.15, -0.1) is 10.2 Å². The quantitative estimate of drug-likeness (QED) is 0.744. The van der Waals surface area contributed by atoms with Crippen molar-refractivity contribution in [3.05, 3.63) is 77.7 Å². The number of carbonyl (C=O) groups is 1. The Kier molecular flexibility index (Phi) is 5.22. The molecule has 0 aliphatic rings. The summed E-state index contributed by atoms with van der Waals surface area (Å²) in [5.74, 6) is -0.199. The van der Waals surface area contributed by atoms with E-state index in [4.69, 9.17) is 0 Å². The number of nitrogens with zero attached hydrogens (tertiary/aromatic N) is 3. The fraction of sp³-hybridized carbons (Fsp3) is 0.150. The van der Waals surface area contributed by atoms with E-state index in [2.05, 4.69) is 21.6 Å². The van der Waals surface area contributed by atoms with Crippen molar-refractivity contribution >= 4 is 23.1 Å². The molecule has 0 aliphatic heterocycles. The topological polar surface area (TPSA) is 58.1 Å². The predicted octanol–water partition coefficient (Wildman–Crippen LogP) is 4.33. The first-order valence-electron chi connectivity index (χ1n) is 8.31. The van der Waals surface area contributed by atoms with Crippen LogP contribution in [0.3, 0.4) is 0 Å². The van der Waals surface area contributed by atoms with Gasteiger partial charge in [0.1, 0.15) is 5.82 Å². The van der Waals surface area contributed by atoms with E-state index >= 15 is 0 Å². The second-order valence-electron chi connectivity index (χ2n) is 5.82. The lowest BCUT2D eigenvalue weighted by Gasteiger charge is -2.22. The van der Waals surface area contributed by atoms with Crippen molar-refractivity contribution in [2.75, 3.05) is 16.8 Å². The molecule has 1 heterocycles. The molecule has 0 aliphatic carbocycles. The molecule has 3 rings (SSSR count). The zero-order chi connectivity index (χ0) is 18.5. The van der Waals surface area contributed by atoms with Crippen molar-refractivity contribution in [2.45, 2.75) is 13.8 Å². The molecule has 26 heavy (non-hydrogen) atoms. The Balaban J connectivity index is 1.77. The molecule has 0 saturated carbocycles. The number of amides is 1. The van der Waals surface area contributed by atoms with E-state index in [0.29, 0.717) is 18.1 Å². The maximum absolute atomic E-state index is 13.2. The molecule has 5 nitrogen and oxygen atoms in total. The first-order chi connectivity index (χ1) is 12.6. The van der Waals surface area contributed by atoms with Crippen LogP contribution in [0.5, 0.6) is 0 Å². The molecule has 0 radical (unpaired) electrons. The van der Waals surface area contributed by atoms with Crippen LogP contribution in [0.15, 0.2) is 60.7 Å². The average Bonchev–Trinajstić information content (AvgIpc) is 2.63. The molecular formula is C20H19FN4O. The molecule has 0 bridgehead atoms. The lowest BCUT2D eigenvalue weighted by atomic mass is 10.2. The van der Waals surface area contributed by atoms with Gasteiger partial charge in [-0.05, 0) is 61.9 Å². The number of aryl methyl sites for hydroxylation is 1. The van der Waals surface area contributed by atoms with Gasteiger partial charge in [-0.25, -0.2) is 4.39 Å². The smallest absolute Gasteiger partial charge is 0.276 e. The molecule has 1 N–H and O–H groups in total. The highest BCUT2D eigenvalue weighted by atomic mass is 19.1. The third kappa shape index (κ3) is 4.03. The summed E-state index contributed by atoms with van der Waals surface area (Å²) < 4.78 is 13.2. The van der Waals surface area contributed by atoms with E-state index < -0.39 is 11.7 Å². The maximum atomic E-state index is 13.2. The Hall–Kier alpha value is -3.28. The third-order valence-electron chi connectivity index (χ3n) is 3.87. The third-order valence-corrected chi connectivity index (χ3v) is 3.87. The minimum atomic E-state index is -0.437. The highest BCUT2D eigenvalue weighted by Gasteiger charge is 2.13. The maximum Gasteiger partial charge on any atom is 0.276 e. The molecule has 0 atom stereocenters. The second-order valence-corrected chi connectivity index (χ2v) is 5.82. The van der Waals surface area contributed by atoms with Crippen LogP contribution in [-0.2, 0) is 0 Å². The Morgan fingerprint density at radius 2 is 1.88 bits per heavy atom. The van der Waals surface area contributed by atoms with Crippen LogP contribution in [-0.4, -0.2) is 22.6 Å². The van der Waals surface area contributed by atoms with Crippen LogP contribution >= 0.6 is 0 Å². The first-order valence-corrected chi connectivity index (χ1v) is 8.31. The van der Waals surface area contributed by atoms with Gasteiger partial charge in [-0.3, -0.25) is 4.79 Å². The van der Waals surface area contributed by atoms with E-state index in [1.165, 1.54) is 18.2 Å². The Labute approximate surface area is 151 Å². The number of nitrogens with one attached hydrogen (secondary N) is 1. The van der Waals surface area contributed by atoms with Gasteiger partial charge in [0.2, 0.25) is 0 Å². The molecule has 6 heteroatoms. The van der Waals surface area contributed by atoms with Crippen molar-refractivity contribution in [1.29, 1.82) is 0 Å². The van der Waals surface area contributed by atoms with Crippen LogP contribution in [0.4, 0.5) is 21.6 Å². The number of anilines is 3. The number of hydrogen-bond donors (Lipinski definition) is 1. The van der Waals surface area contributed by atoms with Crippen LogP contribution in [0, 0.1) is 12.7 Å². The van der Waals surface area contributed by atoms with Crippen molar-refractivity contribution in [3.63, 3.8) is 0 Å². The molecule has 0 fully saturated rings. The molecule has 0 saturated heterocycles. The van der Waals surface area contributed by atoms with Gasteiger partial charge in [0, 0.05) is 17.9 Å². The molecule has 0 unspecified atom stereocenters. The minimum absolute atomic E-state index is 0.165. The van der Waals surface area contributed by atoms with Crippen LogP contribution in [0.2, 0.25) is 0 Å². The Bertz CT molecular complexity index is 912. The van der Waals surface area contributed by atoms with Gasteiger partial charge < -0.3 is 10.2 Å². The lowest BCUT2D eigenvalue weighted by Crippen LogP contribution is -2.20. The van der Waals surface area contributed by atoms with Crippen LogP contribution in [0.1, 0.15) is 23.0 Å². The van der Waals surface area contributed by atoms with E-state index in [1.54, 1.807) is 18.2 Å². The van der Waals surface area contributed by atoms with Gasteiger partial charge in [0.25, 0.3) is 5.91 Å². The molecule has 1 aromatic heterocycles. The first kappa shape index (κ1) is 17.5. The highest BCUT2D eigenvalue weighted by molar-refractivity contribution is 6.02. The van der Waals surface area contributed by atoms with E-state index in [9.17, 15) is 9.18 Å². The molecule has 0 spiro atoms. The van der Waals surface area contributed by atoms with Gasteiger partial charge >= 0.3 is 0 Å². The van der Waals surface area contributed by atoms with Gasteiger partial charge in [-0.2, -0.15) is 0 Å². The van der Waals surface area contributed by atoms with E-state index in [1.807, 2.05) is 36.9 Å².